The first-order chi connectivity index (χ1) is 21.4. The molecule has 0 aliphatic carbocycles. The number of aromatic nitrogens is 1. The number of carbonyl (C=O) groups is 2. The second-order valence-corrected chi connectivity index (χ2v) is 10.5. The van der Waals surface area contributed by atoms with Crippen LogP contribution in [0.15, 0.2) is 66.9 Å². The summed E-state index contributed by atoms with van der Waals surface area (Å²) in [5.41, 5.74) is 1.00. The van der Waals surface area contributed by atoms with Gasteiger partial charge in [-0.3, -0.25) is 15.1 Å². The monoisotopic (exact) mass is 604 g/mol. The standard InChI is InChI=1S/C33H34F2N4O5/c1-42-30-20-25-28(21-31(30)43-17-5-16-39-14-3-2-4-15-39)36-13-12-29(25)44-24-10-11-27(26(35)19-24)37-33(41)38-32(40)18-22-6-8-23(34)9-7-22/h6-13,19-21H,2-5,14-18H2,1H3,(H2,37,38,40,41). The van der Waals surface area contributed by atoms with E-state index in [-0.39, 0.29) is 17.9 Å². The molecule has 4 aromatic rings. The van der Waals surface area contributed by atoms with E-state index in [9.17, 15) is 18.4 Å². The fraction of sp³-hybridized carbons (Fsp3) is 0.303. The van der Waals surface area contributed by atoms with Crippen LogP contribution >= 0.6 is 0 Å². The zero-order chi connectivity index (χ0) is 30.9. The summed E-state index contributed by atoms with van der Waals surface area (Å²) in [4.78, 5) is 31.3. The van der Waals surface area contributed by atoms with E-state index in [1.54, 1.807) is 31.5 Å². The van der Waals surface area contributed by atoms with Crippen LogP contribution in [0.4, 0.5) is 19.3 Å². The number of nitrogens with zero attached hydrogens (tertiary/aromatic N) is 2. The lowest BCUT2D eigenvalue weighted by molar-refractivity contribution is -0.119. The molecule has 3 amide bonds. The second kappa shape index (κ2) is 14.6. The molecule has 1 fully saturated rings. The number of amides is 3. The summed E-state index contributed by atoms with van der Waals surface area (Å²) in [6.45, 7) is 3.84. The first-order valence-corrected chi connectivity index (χ1v) is 14.5. The summed E-state index contributed by atoms with van der Waals surface area (Å²) in [5, 5.41) is 5.09. The topological polar surface area (TPSA) is 102 Å². The Kier molecular flexibility index (Phi) is 10.2. The molecule has 0 bridgehead atoms. The van der Waals surface area contributed by atoms with Crippen molar-refractivity contribution in [2.45, 2.75) is 32.1 Å². The van der Waals surface area contributed by atoms with Crippen LogP contribution < -0.4 is 24.8 Å². The van der Waals surface area contributed by atoms with Gasteiger partial charge in [-0.25, -0.2) is 13.6 Å². The lowest BCUT2D eigenvalue weighted by Gasteiger charge is -2.26. The van der Waals surface area contributed by atoms with Gasteiger partial charge in [0.15, 0.2) is 11.5 Å². The van der Waals surface area contributed by atoms with E-state index in [0.29, 0.717) is 40.3 Å². The number of ether oxygens (including phenoxy) is 3. The second-order valence-electron chi connectivity index (χ2n) is 10.5. The van der Waals surface area contributed by atoms with Crippen molar-refractivity contribution in [1.82, 2.24) is 15.2 Å². The van der Waals surface area contributed by atoms with E-state index < -0.39 is 23.6 Å². The zero-order valence-corrected chi connectivity index (χ0v) is 24.4. The van der Waals surface area contributed by atoms with Crippen molar-refractivity contribution in [2.24, 2.45) is 0 Å². The van der Waals surface area contributed by atoms with E-state index in [4.69, 9.17) is 14.2 Å². The van der Waals surface area contributed by atoms with Crippen LogP contribution in [0.1, 0.15) is 31.2 Å². The Morgan fingerprint density at radius 1 is 0.932 bits per heavy atom. The van der Waals surface area contributed by atoms with Crippen LogP contribution in [0.5, 0.6) is 23.0 Å². The van der Waals surface area contributed by atoms with Crippen molar-refractivity contribution >= 4 is 28.5 Å². The maximum Gasteiger partial charge on any atom is 0.325 e. The molecule has 3 aromatic carbocycles. The predicted molar refractivity (Wildman–Crippen MR) is 162 cm³/mol. The van der Waals surface area contributed by atoms with Gasteiger partial charge in [-0.1, -0.05) is 18.6 Å². The number of rotatable bonds is 11. The number of urea groups is 1. The number of imide groups is 1. The highest BCUT2D eigenvalue weighted by atomic mass is 19.1. The number of hydrogen-bond acceptors (Lipinski definition) is 7. The van der Waals surface area contributed by atoms with Crippen molar-refractivity contribution in [3.8, 4) is 23.0 Å². The molecule has 230 valence electrons. The van der Waals surface area contributed by atoms with Crippen LogP contribution in [-0.2, 0) is 11.2 Å². The first-order valence-electron chi connectivity index (χ1n) is 14.5. The van der Waals surface area contributed by atoms with Gasteiger partial charge in [-0.15, -0.1) is 0 Å². The highest BCUT2D eigenvalue weighted by Gasteiger charge is 2.16. The number of hydrogen-bond donors (Lipinski definition) is 2. The molecule has 2 N–H and O–H groups in total. The molecule has 1 aliphatic heterocycles. The molecule has 1 aromatic heterocycles. The molecular weight excluding hydrogens is 570 g/mol. The van der Waals surface area contributed by atoms with Gasteiger partial charge < -0.3 is 24.4 Å². The Morgan fingerprint density at radius 3 is 2.48 bits per heavy atom. The molecule has 2 heterocycles. The van der Waals surface area contributed by atoms with Gasteiger partial charge in [0.25, 0.3) is 0 Å². The first kappa shape index (κ1) is 30.7. The number of pyridine rings is 1. The van der Waals surface area contributed by atoms with Gasteiger partial charge >= 0.3 is 6.03 Å². The van der Waals surface area contributed by atoms with Crippen LogP contribution in [0, 0.1) is 11.6 Å². The number of piperidine rings is 1. The van der Waals surface area contributed by atoms with Crippen molar-refractivity contribution < 1.29 is 32.6 Å². The molecule has 1 aliphatic rings. The zero-order valence-electron chi connectivity index (χ0n) is 24.4. The van der Waals surface area contributed by atoms with Crippen LogP contribution in [0.2, 0.25) is 0 Å². The molecular formula is C33H34F2N4O5. The largest absolute Gasteiger partial charge is 0.493 e. The van der Waals surface area contributed by atoms with Gasteiger partial charge in [-0.2, -0.15) is 0 Å². The van der Waals surface area contributed by atoms with E-state index >= 15 is 0 Å². The van der Waals surface area contributed by atoms with E-state index in [2.05, 4.69) is 20.5 Å². The highest BCUT2D eigenvalue weighted by Crippen LogP contribution is 2.37. The van der Waals surface area contributed by atoms with Crippen molar-refractivity contribution in [3.05, 3.63) is 84.1 Å². The minimum atomic E-state index is -0.901. The molecule has 0 radical (unpaired) electrons. The fourth-order valence-corrected chi connectivity index (χ4v) is 5.04. The molecule has 0 atom stereocenters. The maximum atomic E-state index is 14.9. The lowest BCUT2D eigenvalue weighted by Crippen LogP contribution is -2.35. The van der Waals surface area contributed by atoms with Crippen LogP contribution in [0.3, 0.4) is 0 Å². The predicted octanol–water partition coefficient (Wildman–Crippen LogP) is 6.46. The third-order valence-electron chi connectivity index (χ3n) is 7.26. The average molecular weight is 605 g/mol. The summed E-state index contributed by atoms with van der Waals surface area (Å²) in [5.74, 6) is -0.0994. The van der Waals surface area contributed by atoms with Gasteiger partial charge in [0, 0.05) is 30.3 Å². The Morgan fingerprint density at radius 2 is 1.73 bits per heavy atom. The molecule has 9 nitrogen and oxygen atoms in total. The number of carbonyl (C=O) groups excluding carboxylic acids is 2. The summed E-state index contributed by atoms with van der Waals surface area (Å²) in [6, 6.07) is 13.6. The molecule has 0 saturated carbocycles. The summed E-state index contributed by atoms with van der Waals surface area (Å²) in [7, 11) is 1.56. The number of benzene rings is 3. The molecule has 5 rings (SSSR count). The Labute approximate surface area is 254 Å². The SMILES string of the molecule is COc1cc2c(Oc3ccc(NC(=O)NC(=O)Cc4ccc(F)cc4)c(F)c3)ccnc2cc1OCCCN1CCCCC1. The molecule has 1 saturated heterocycles. The van der Waals surface area contributed by atoms with E-state index in [1.807, 2.05) is 0 Å². The molecule has 44 heavy (non-hydrogen) atoms. The summed E-state index contributed by atoms with van der Waals surface area (Å²) in [6.07, 6.45) is 6.17. The Bertz CT molecular complexity index is 1610. The normalized spacial score (nSPS) is 13.3. The summed E-state index contributed by atoms with van der Waals surface area (Å²) < 4.78 is 45.6. The minimum Gasteiger partial charge on any atom is -0.493 e. The lowest BCUT2D eigenvalue weighted by atomic mass is 10.1. The Balaban J connectivity index is 1.20. The number of halogens is 2. The van der Waals surface area contributed by atoms with Crippen LogP contribution in [-0.4, -0.2) is 55.2 Å². The van der Waals surface area contributed by atoms with E-state index in [1.165, 1.54) is 55.7 Å². The average Bonchev–Trinajstić information content (AvgIpc) is 3.02. The smallest absolute Gasteiger partial charge is 0.325 e. The van der Waals surface area contributed by atoms with Crippen molar-refractivity contribution in [2.75, 3.05) is 38.7 Å². The van der Waals surface area contributed by atoms with Crippen molar-refractivity contribution in [3.63, 3.8) is 0 Å². The highest BCUT2D eigenvalue weighted by molar-refractivity contribution is 6.01. The van der Waals surface area contributed by atoms with Crippen molar-refractivity contribution in [1.29, 1.82) is 0 Å². The third kappa shape index (κ3) is 8.19. The quantitative estimate of drug-likeness (QED) is 0.190. The molecule has 0 spiro atoms. The van der Waals surface area contributed by atoms with Crippen LogP contribution in [0.25, 0.3) is 10.9 Å². The van der Waals surface area contributed by atoms with Gasteiger partial charge in [-0.05, 0) is 74.3 Å². The minimum absolute atomic E-state index is 0.139. The summed E-state index contributed by atoms with van der Waals surface area (Å²) >= 11 is 0. The number of fused-ring (bicyclic) bond motifs is 1. The van der Waals surface area contributed by atoms with E-state index in [0.717, 1.165) is 32.1 Å². The molecule has 11 heteroatoms. The number of anilines is 1. The maximum absolute atomic E-state index is 14.9. The fourth-order valence-electron chi connectivity index (χ4n) is 5.04. The number of nitrogens with one attached hydrogen (secondary N) is 2. The van der Waals surface area contributed by atoms with Gasteiger partial charge in [0.2, 0.25) is 5.91 Å². The van der Waals surface area contributed by atoms with Gasteiger partial charge in [0.1, 0.15) is 23.1 Å². The number of methoxy groups -OCH3 is 1. The number of likely N-dealkylation sites (tertiary alicyclic amines) is 1. The third-order valence-corrected chi connectivity index (χ3v) is 7.26. The molecule has 0 unspecified atom stereocenters. The Hall–Kier alpha value is -4.77. The van der Waals surface area contributed by atoms with Gasteiger partial charge in [0.05, 0.1) is 31.3 Å².